The number of benzene rings is 3. The van der Waals surface area contributed by atoms with Gasteiger partial charge in [0.15, 0.2) is 0 Å². The summed E-state index contributed by atoms with van der Waals surface area (Å²) in [5, 5.41) is 9.29. The van der Waals surface area contributed by atoms with Crippen molar-refractivity contribution < 1.29 is 9.59 Å². The topological polar surface area (TPSA) is 70.2 Å². The maximum absolute atomic E-state index is 12.6. The minimum atomic E-state index is -0.236. The Hall–Kier alpha value is -3.31. The molecule has 2 amide bonds. The zero-order chi connectivity index (χ0) is 20.6. The Morgan fingerprint density at radius 2 is 1.66 bits per heavy atom. The van der Waals surface area contributed by atoms with E-state index in [-0.39, 0.29) is 24.4 Å². The van der Waals surface area contributed by atoms with Crippen molar-refractivity contribution in [2.45, 2.75) is 13.0 Å². The Morgan fingerprint density at radius 3 is 2.41 bits per heavy atom. The standard InChI is InChI=1S/C23H22ClN3O2/c1-16(17-8-3-2-4-9-17)26-23(29)18-10-7-11-19(14-18)27-22(28)15-25-21-13-6-5-12-20(21)24/h2-14,16,25H,15H2,1H3,(H,26,29)(H,27,28). The van der Waals surface area contributed by atoms with Crippen molar-refractivity contribution in [3.05, 3.63) is 95.0 Å². The quantitative estimate of drug-likeness (QED) is 0.522. The molecule has 0 spiro atoms. The maximum atomic E-state index is 12.6. The van der Waals surface area contributed by atoms with E-state index in [1.807, 2.05) is 49.4 Å². The van der Waals surface area contributed by atoms with Crippen LogP contribution in [-0.4, -0.2) is 18.4 Å². The normalized spacial score (nSPS) is 11.4. The number of rotatable bonds is 7. The molecule has 0 aromatic heterocycles. The van der Waals surface area contributed by atoms with Gasteiger partial charge in [0, 0.05) is 11.3 Å². The number of carbonyl (C=O) groups excluding carboxylic acids is 2. The van der Waals surface area contributed by atoms with E-state index in [0.717, 1.165) is 5.56 Å². The molecule has 3 N–H and O–H groups in total. The molecule has 3 aromatic carbocycles. The van der Waals surface area contributed by atoms with Crippen LogP contribution in [0.2, 0.25) is 5.02 Å². The Balaban J connectivity index is 1.58. The lowest BCUT2D eigenvalue weighted by Gasteiger charge is -2.15. The smallest absolute Gasteiger partial charge is 0.251 e. The highest BCUT2D eigenvalue weighted by atomic mass is 35.5. The third-order valence-corrected chi connectivity index (χ3v) is 4.70. The van der Waals surface area contributed by atoms with Crippen molar-refractivity contribution in [3.63, 3.8) is 0 Å². The molecule has 3 aromatic rings. The zero-order valence-corrected chi connectivity index (χ0v) is 16.7. The molecular weight excluding hydrogens is 386 g/mol. The molecule has 0 aliphatic carbocycles. The van der Waals surface area contributed by atoms with Crippen LogP contribution in [0.1, 0.15) is 28.9 Å². The lowest BCUT2D eigenvalue weighted by atomic mass is 10.1. The molecule has 0 aliphatic rings. The monoisotopic (exact) mass is 407 g/mol. The number of hydrogen-bond acceptors (Lipinski definition) is 3. The molecule has 29 heavy (non-hydrogen) atoms. The summed E-state index contributed by atoms with van der Waals surface area (Å²) in [6, 6.07) is 23.7. The van der Waals surface area contributed by atoms with Gasteiger partial charge in [-0.2, -0.15) is 0 Å². The van der Waals surface area contributed by atoms with Crippen LogP contribution in [0.4, 0.5) is 11.4 Å². The molecule has 3 rings (SSSR count). The lowest BCUT2D eigenvalue weighted by molar-refractivity contribution is -0.114. The summed E-state index contributed by atoms with van der Waals surface area (Å²) in [7, 11) is 0. The number of halogens is 1. The van der Waals surface area contributed by atoms with Gasteiger partial charge in [0.2, 0.25) is 5.91 Å². The van der Waals surface area contributed by atoms with Crippen molar-refractivity contribution in [2.24, 2.45) is 0 Å². The number of hydrogen-bond donors (Lipinski definition) is 3. The molecule has 0 saturated carbocycles. The van der Waals surface area contributed by atoms with Gasteiger partial charge in [-0.05, 0) is 42.8 Å². The van der Waals surface area contributed by atoms with Crippen LogP contribution >= 0.6 is 11.6 Å². The molecule has 0 saturated heterocycles. The SMILES string of the molecule is CC(NC(=O)c1cccc(NC(=O)CNc2ccccc2Cl)c1)c1ccccc1. The first-order valence-corrected chi connectivity index (χ1v) is 9.65. The van der Waals surface area contributed by atoms with E-state index in [1.165, 1.54) is 0 Å². The second-order valence-electron chi connectivity index (χ2n) is 6.57. The Labute approximate surface area is 175 Å². The predicted molar refractivity (Wildman–Crippen MR) is 117 cm³/mol. The number of anilines is 2. The average molecular weight is 408 g/mol. The van der Waals surface area contributed by atoms with Crippen LogP contribution in [-0.2, 0) is 4.79 Å². The number of carbonyl (C=O) groups is 2. The summed E-state index contributed by atoms with van der Waals surface area (Å²) in [5.74, 6) is -0.438. The van der Waals surface area contributed by atoms with Crippen molar-refractivity contribution >= 4 is 34.8 Å². The lowest BCUT2D eigenvalue weighted by Crippen LogP contribution is -2.27. The zero-order valence-electron chi connectivity index (χ0n) is 16.0. The summed E-state index contributed by atoms with van der Waals surface area (Å²) < 4.78 is 0. The Kier molecular flexibility index (Phi) is 6.87. The molecule has 6 heteroatoms. The van der Waals surface area contributed by atoms with Crippen molar-refractivity contribution in [2.75, 3.05) is 17.2 Å². The van der Waals surface area contributed by atoms with Crippen LogP contribution in [0.15, 0.2) is 78.9 Å². The minimum Gasteiger partial charge on any atom is -0.375 e. The van der Waals surface area contributed by atoms with Crippen molar-refractivity contribution in [3.8, 4) is 0 Å². The summed E-state index contributed by atoms with van der Waals surface area (Å²) in [6.45, 7) is 1.99. The molecule has 0 heterocycles. The Morgan fingerprint density at radius 1 is 0.931 bits per heavy atom. The molecule has 148 valence electrons. The molecule has 0 fully saturated rings. The van der Waals surface area contributed by atoms with Crippen LogP contribution in [0.3, 0.4) is 0 Å². The van der Waals surface area contributed by atoms with E-state index in [2.05, 4.69) is 16.0 Å². The fourth-order valence-corrected chi connectivity index (χ4v) is 3.03. The van der Waals surface area contributed by atoms with Crippen LogP contribution in [0, 0.1) is 0 Å². The van der Waals surface area contributed by atoms with E-state index < -0.39 is 0 Å². The third-order valence-electron chi connectivity index (χ3n) is 4.37. The largest absolute Gasteiger partial charge is 0.375 e. The average Bonchev–Trinajstić information content (AvgIpc) is 2.74. The molecule has 0 radical (unpaired) electrons. The van der Waals surface area contributed by atoms with Gasteiger partial charge in [0.25, 0.3) is 5.91 Å². The highest BCUT2D eigenvalue weighted by Crippen LogP contribution is 2.20. The fourth-order valence-electron chi connectivity index (χ4n) is 2.83. The Bertz CT molecular complexity index is 992. The number of nitrogens with one attached hydrogen (secondary N) is 3. The van der Waals surface area contributed by atoms with Crippen LogP contribution < -0.4 is 16.0 Å². The predicted octanol–water partition coefficient (Wildman–Crippen LogP) is 4.88. The summed E-state index contributed by atoms with van der Waals surface area (Å²) >= 11 is 6.07. The van der Waals surface area contributed by atoms with E-state index in [9.17, 15) is 9.59 Å². The van der Waals surface area contributed by atoms with Gasteiger partial charge in [0.1, 0.15) is 0 Å². The van der Waals surface area contributed by atoms with Gasteiger partial charge in [-0.25, -0.2) is 0 Å². The minimum absolute atomic E-state index is 0.0607. The summed E-state index contributed by atoms with van der Waals surface area (Å²) in [6.07, 6.45) is 0. The van der Waals surface area contributed by atoms with Crippen LogP contribution in [0.5, 0.6) is 0 Å². The van der Waals surface area contributed by atoms with Gasteiger partial charge in [-0.15, -0.1) is 0 Å². The van der Waals surface area contributed by atoms with Gasteiger partial charge in [-0.1, -0.05) is 60.1 Å². The highest BCUT2D eigenvalue weighted by Gasteiger charge is 2.12. The third kappa shape index (κ3) is 5.83. The van der Waals surface area contributed by atoms with Gasteiger partial charge >= 0.3 is 0 Å². The molecular formula is C23H22ClN3O2. The number of amides is 2. The van der Waals surface area contributed by atoms with E-state index in [4.69, 9.17) is 11.6 Å². The second-order valence-corrected chi connectivity index (χ2v) is 6.98. The molecule has 1 unspecified atom stereocenters. The molecule has 0 bridgehead atoms. The van der Waals surface area contributed by atoms with Crippen LogP contribution in [0.25, 0.3) is 0 Å². The van der Waals surface area contributed by atoms with E-state index in [1.54, 1.807) is 36.4 Å². The van der Waals surface area contributed by atoms with Crippen molar-refractivity contribution in [1.82, 2.24) is 5.32 Å². The fraction of sp³-hybridized carbons (Fsp3) is 0.130. The number of para-hydroxylation sites is 1. The summed E-state index contributed by atoms with van der Waals surface area (Å²) in [5.41, 5.74) is 2.74. The van der Waals surface area contributed by atoms with E-state index in [0.29, 0.717) is 22.0 Å². The highest BCUT2D eigenvalue weighted by molar-refractivity contribution is 6.33. The van der Waals surface area contributed by atoms with Crippen molar-refractivity contribution in [1.29, 1.82) is 0 Å². The van der Waals surface area contributed by atoms with Gasteiger partial charge in [0.05, 0.1) is 23.3 Å². The second kappa shape index (κ2) is 9.75. The first-order chi connectivity index (χ1) is 14.0. The summed E-state index contributed by atoms with van der Waals surface area (Å²) in [4.78, 5) is 24.8. The molecule has 5 nitrogen and oxygen atoms in total. The van der Waals surface area contributed by atoms with E-state index >= 15 is 0 Å². The first-order valence-electron chi connectivity index (χ1n) is 9.27. The molecule has 1 atom stereocenters. The molecule has 0 aliphatic heterocycles. The maximum Gasteiger partial charge on any atom is 0.251 e. The first kappa shape index (κ1) is 20.4. The van der Waals surface area contributed by atoms with Gasteiger partial charge < -0.3 is 16.0 Å². The van der Waals surface area contributed by atoms with Gasteiger partial charge in [-0.3, -0.25) is 9.59 Å².